The Morgan fingerprint density at radius 1 is 1.23 bits per heavy atom. The standard InChI is InChI=1S/C20H27N5O/c1-23-11-8-22-18(23)14-24-10-6-20(15-24)5-3-9-25(16-20)19(26)12-17-4-2-7-21-13-17/h2,4,7-8,11,13H,3,5-6,9-10,12,14-16H2,1H3/t20-/m1/s1. The van der Waals surface area contributed by atoms with Crippen molar-refractivity contribution in [3.63, 3.8) is 0 Å². The quantitative estimate of drug-likeness (QED) is 0.842. The van der Waals surface area contributed by atoms with Gasteiger partial charge in [-0.15, -0.1) is 0 Å². The molecular formula is C20H27N5O. The number of aromatic nitrogens is 3. The van der Waals surface area contributed by atoms with Gasteiger partial charge in [0.2, 0.25) is 5.91 Å². The van der Waals surface area contributed by atoms with E-state index in [9.17, 15) is 4.79 Å². The van der Waals surface area contributed by atoms with E-state index in [-0.39, 0.29) is 11.3 Å². The lowest BCUT2D eigenvalue weighted by atomic mass is 9.79. The van der Waals surface area contributed by atoms with Crippen LogP contribution in [0.5, 0.6) is 0 Å². The zero-order valence-corrected chi connectivity index (χ0v) is 15.5. The summed E-state index contributed by atoms with van der Waals surface area (Å²) in [5, 5.41) is 0. The van der Waals surface area contributed by atoms with E-state index >= 15 is 0 Å². The predicted molar refractivity (Wildman–Crippen MR) is 99.3 cm³/mol. The fourth-order valence-corrected chi connectivity index (χ4v) is 4.45. The Morgan fingerprint density at radius 3 is 2.92 bits per heavy atom. The Bertz CT molecular complexity index is 759. The number of hydrogen-bond acceptors (Lipinski definition) is 4. The molecular weight excluding hydrogens is 326 g/mol. The first-order valence-electron chi connectivity index (χ1n) is 9.49. The molecule has 2 fully saturated rings. The molecule has 4 rings (SSSR count). The molecule has 2 aliphatic rings. The molecule has 0 unspecified atom stereocenters. The number of aryl methyl sites for hydroxylation is 1. The number of piperidine rings is 1. The van der Waals surface area contributed by atoms with Crippen molar-refractivity contribution in [1.82, 2.24) is 24.3 Å². The average molecular weight is 353 g/mol. The van der Waals surface area contributed by atoms with Crippen molar-refractivity contribution in [1.29, 1.82) is 0 Å². The van der Waals surface area contributed by atoms with E-state index in [2.05, 4.69) is 24.3 Å². The Balaban J connectivity index is 1.37. The minimum absolute atomic E-state index is 0.236. The fraction of sp³-hybridized carbons (Fsp3) is 0.550. The van der Waals surface area contributed by atoms with Gasteiger partial charge in [0.15, 0.2) is 0 Å². The van der Waals surface area contributed by atoms with Crippen LogP contribution in [0.2, 0.25) is 0 Å². The SMILES string of the molecule is Cn1ccnc1CN1CC[C@]2(CCCN(C(=O)Cc3cccnc3)C2)C1. The lowest BCUT2D eigenvalue weighted by molar-refractivity contribution is -0.133. The van der Waals surface area contributed by atoms with Crippen LogP contribution in [0.25, 0.3) is 0 Å². The first-order chi connectivity index (χ1) is 12.6. The maximum absolute atomic E-state index is 12.8. The first-order valence-corrected chi connectivity index (χ1v) is 9.49. The zero-order chi connectivity index (χ0) is 18.0. The maximum atomic E-state index is 12.8. The number of hydrogen-bond donors (Lipinski definition) is 0. The van der Waals surface area contributed by atoms with Gasteiger partial charge >= 0.3 is 0 Å². The molecule has 1 amide bonds. The highest BCUT2D eigenvalue weighted by atomic mass is 16.2. The largest absolute Gasteiger partial charge is 0.342 e. The number of nitrogens with zero attached hydrogens (tertiary/aromatic N) is 5. The first kappa shape index (κ1) is 17.2. The number of likely N-dealkylation sites (tertiary alicyclic amines) is 2. The molecule has 1 atom stereocenters. The predicted octanol–water partition coefficient (Wildman–Crippen LogP) is 1.87. The molecule has 26 heavy (non-hydrogen) atoms. The molecule has 2 aromatic heterocycles. The summed E-state index contributed by atoms with van der Waals surface area (Å²) in [5.74, 6) is 1.35. The topological polar surface area (TPSA) is 54.3 Å². The van der Waals surface area contributed by atoms with Crippen molar-refractivity contribution in [3.8, 4) is 0 Å². The van der Waals surface area contributed by atoms with Crippen LogP contribution < -0.4 is 0 Å². The molecule has 4 heterocycles. The third-order valence-electron chi connectivity index (χ3n) is 5.90. The molecule has 2 saturated heterocycles. The number of carbonyl (C=O) groups is 1. The van der Waals surface area contributed by atoms with Crippen LogP contribution in [-0.2, 0) is 24.8 Å². The summed E-state index contributed by atoms with van der Waals surface area (Å²) in [4.78, 5) is 25.9. The summed E-state index contributed by atoms with van der Waals surface area (Å²) in [7, 11) is 2.05. The molecule has 1 spiro atoms. The van der Waals surface area contributed by atoms with Crippen molar-refractivity contribution in [3.05, 3.63) is 48.3 Å². The number of rotatable bonds is 4. The molecule has 0 aliphatic carbocycles. The second-order valence-corrected chi connectivity index (χ2v) is 7.87. The van der Waals surface area contributed by atoms with Gasteiger partial charge in [0.25, 0.3) is 0 Å². The van der Waals surface area contributed by atoms with Crippen LogP contribution in [0.3, 0.4) is 0 Å². The van der Waals surface area contributed by atoms with Crippen molar-refractivity contribution < 1.29 is 4.79 Å². The molecule has 138 valence electrons. The highest BCUT2D eigenvalue weighted by Crippen LogP contribution is 2.39. The minimum Gasteiger partial charge on any atom is -0.342 e. The Hall–Kier alpha value is -2.21. The van der Waals surface area contributed by atoms with Gasteiger partial charge in [-0.05, 0) is 37.4 Å². The molecule has 6 nitrogen and oxygen atoms in total. The van der Waals surface area contributed by atoms with Gasteiger partial charge in [0, 0.05) is 56.9 Å². The summed E-state index contributed by atoms with van der Waals surface area (Å²) < 4.78 is 2.09. The average Bonchev–Trinajstić information content (AvgIpc) is 3.23. The Morgan fingerprint density at radius 2 is 2.15 bits per heavy atom. The van der Waals surface area contributed by atoms with E-state index in [1.807, 2.05) is 31.6 Å². The van der Waals surface area contributed by atoms with E-state index in [1.54, 1.807) is 12.4 Å². The van der Waals surface area contributed by atoms with Gasteiger partial charge in [0.05, 0.1) is 13.0 Å². The normalized spacial score (nSPS) is 23.7. The van der Waals surface area contributed by atoms with E-state index in [0.717, 1.165) is 50.5 Å². The molecule has 2 aromatic rings. The van der Waals surface area contributed by atoms with Gasteiger partial charge in [-0.3, -0.25) is 14.7 Å². The van der Waals surface area contributed by atoms with Crippen LogP contribution in [0.1, 0.15) is 30.7 Å². The van der Waals surface area contributed by atoms with E-state index in [4.69, 9.17) is 0 Å². The molecule has 0 saturated carbocycles. The lowest BCUT2D eigenvalue weighted by Crippen LogP contribution is -2.47. The maximum Gasteiger partial charge on any atom is 0.227 e. The lowest BCUT2D eigenvalue weighted by Gasteiger charge is -2.40. The smallest absolute Gasteiger partial charge is 0.227 e. The Labute approximate surface area is 154 Å². The number of imidazole rings is 1. The minimum atomic E-state index is 0.236. The van der Waals surface area contributed by atoms with Gasteiger partial charge in [-0.1, -0.05) is 6.07 Å². The van der Waals surface area contributed by atoms with Crippen molar-refractivity contribution in [2.75, 3.05) is 26.2 Å². The molecule has 6 heteroatoms. The number of pyridine rings is 1. The Kier molecular flexibility index (Phi) is 4.76. The van der Waals surface area contributed by atoms with Crippen molar-refractivity contribution >= 4 is 5.91 Å². The van der Waals surface area contributed by atoms with Crippen LogP contribution in [0.15, 0.2) is 36.9 Å². The van der Waals surface area contributed by atoms with Crippen molar-refractivity contribution in [2.45, 2.75) is 32.2 Å². The summed E-state index contributed by atoms with van der Waals surface area (Å²) >= 11 is 0. The molecule has 0 bridgehead atoms. The van der Waals surface area contributed by atoms with Gasteiger partial charge in [-0.25, -0.2) is 4.98 Å². The molecule has 2 aliphatic heterocycles. The molecule has 0 aromatic carbocycles. The zero-order valence-electron chi connectivity index (χ0n) is 15.5. The number of amides is 1. The molecule has 0 N–H and O–H groups in total. The van der Waals surface area contributed by atoms with Crippen LogP contribution >= 0.6 is 0 Å². The van der Waals surface area contributed by atoms with Crippen LogP contribution in [0.4, 0.5) is 0 Å². The highest BCUT2D eigenvalue weighted by molar-refractivity contribution is 5.78. The van der Waals surface area contributed by atoms with Crippen molar-refractivity contribution in [2.24, 2.45) is 12.5 Å². The summed E-state index contributed by atoms with van der Waals surface area (Å²) in [6, 6.07) is 3.88. The summed E-state index contributed by atoms with van der Waals surface area (Å²) in [5.41, 5.74) is 1.26. The van der Waals surface area contributed by atoms with E-state index in [1.165, 1.54) is 12.8 Å². The highest BCUT2D eigenvalue weighted by Gasteiger charge is 2.42. The van der Waals surface area contributed by atoms with Gasteiger partial charge in [-0.2, -0.15) is 0 Å². The number of carbonyl (C=O) groups excluding carboxylic acids is 1. The summed E-state index contributed by atoms with van der Waals surface area (Å²) in [6.45, 7) is 4.84. The monoisotopic (exact) mass is 353 g/mol. The second-order valence-electron chi connectivity index (χ2n) is 7.87. The van der Waals surface area contributed by atoms with Gasteiger partial charge in [0.1, 0.15) is 5.82 Å². The summed E-state index contributed by atoms with van der Waals surface area (Å²) in [6.07, 6.45) is 11.4. The van der Waals surface area contributed by atoms with E-state index < -0.39 is 0 Å². The third kappa shape index (κ3) is 3.65. The third-order valence-corrected chi connectivity index (χ3v) is 5.90. The van der Waals surface area contributed by atoms with Crippen LogP contribution in [0, 0.1) is 5.41 Å². The van der Waals surface area contributed by atoms with Gasteiger partial charge < -0.3 is 9.47 Å². The van der Waals surface area contributed by atoms with E-state index in [0.29, 0.717) is 6.42 Å². The fourth-order valence-electron chi connectivity index (χ4n) is 4.45. The second kappa shape index (κ2) is 7.19. The molecule has 0 radical (unpaired) electrons. The van der Waals surface area contributed by atoms with Crippen LogP contribution in [-0.4, -0.2) is 56.4 Å².